The lowest BCUT2D eigenvalue weighted by Crippen LogP contribution is -2.22. The maximum atomic E-state index is 12.4. The van der Waals surface area contributed by atoms with Gasteiger partial charge in [-0.3, -0.25) is 4.79 Å². The van der Waals surface area contributed by atoms with Gasteiger partial charge in [0.1, 0.15) is 0 Å². The predicted octanol–water partition coefficient (Wildman–Crippen LogP) is 2.85. The number of ketones is 1. The van der Waals surface area contributed by atoms with Gasteiger partial charge in [0.05, 0.1) is 11.4 Å². The number of hydrogen-bond donors (Lipinski definition) is 1. The zero-order chi connectivity index (χ0) is 17.9. The molecule has 0 spiro atoms. The molecule has 0 unspecified atom stereocenters. The Morgan fingerprint density at radius 2 is 1.79 bits per heavy atom. The van der Waals surface area contributed by atoms with Crippen LogP contribution in [0.1, 0.15) is 21.5 Å². The molecule has 0 fully saturated rings. The van der Waals surface area contributed by atoms with Crippen LogP contribution in [0.5, 0.6) is 0 Å². The molecule has 0 bridgehead atoms. The van der Waals surface area contributed by atoms with Crippen LogP contribution in [0.15, 0.2) is 47.4 Å². The summed E-state index contributed by atoms with van der Waals surface area (Å²) in [6.07, 6.45) is 0. The number of Topliss-reactive ketones (excluding diaryl/α,β-unsaturated/α-hetero) is 1. The van der Waals surface area contributed by atoms with E-state index in [2.05, 4.69) is 5.32 Å². The number of hydrogen-bond acceptors (Lipinski definition) is 4. The van der Waals surface area contributed by atoms with Gasteiger partial charge in [0, 0.05) is 25.3 Å². The van der Waals surface area contributed by atoms with Gasteiger partial charge >= 0.3 is 0 Å². The monoisotopic (exact) mass is 346 g/mol. The Morgan fingerprint density at radius 3 is 2.42 bits per heavy atom. The molecule has 2 aromatic rings. The van der Waals surface area contributed by atoms with Crippen LogP contribution in [-0.4, -0.2) is 39.1 Å². The summed E-state index contributed by atoms with van der Waals surface area (Å²) >= 11 is 0. The van der Waals surface area contributed by atoms with Gasteiger partial charge in [0.15, 0.2) is 5.78 Å². The minimum atomic E-state index is -3.55. The number of carbonyl (C=O) groups excluding carboxylic acids is 1. The Morgan fingerprint density at radius 1 is 1.08 bits per heavy atom. The largest absolute Gasteiger partial charge is 0.377 e. The number of aryl methyl sites for hydroxylation is 2. The van der Waals surface area contributed by atoms with Crippen LogP contribution in [0.25, 0.3) is 0 Å². The highest BCUT2D eigenvalue weighted by Crippen LogP contribution is 2.18. The summed E-state index contributed by atoms with van der Waals surface area (Å²) in [5.41, 5.74) is 3.49. The fourth-order valence-electron chi connectivity index (χ4n) is 2.33. The van der Waals surface area contributed by atoms with Crippen molar-refractivity contribution in [2.75, 3.05) is 26.0 Å². The molecular weight excluding hydrogens is 324 g/mol. The number of nitrogens with zero attached hydrogens (tertiary/aromatic N) is 1. The summed E-state index contributed by atoms with van der Waals surface area (Å²) in [4.78, 5) is 12.5. The maximum Gasteiger partial charge on any atom is 0.242 e. The molecule has 0 saturated heterocycles. The second-order valence-corrected chi connectivity index (χ2v) is 8.06. The molecule has 128 valence electrons. The van der Waals surface area contributed by atoms with E-state index in [1.807, 2.05) is 32.0 Å². The van der Waals surface area contributed by atoms with Crippen LogP contribution >= 0.6 is 0 Å². The summed E-state index contributed by atoms with van der Waals surface area (Å²) in [5, 5.41) is 3.11. The first kappa shape index (κ1) is 18.2. The van der Waals surface area contributed by atoms with E-state index in [9.17, 15) is 13.2 Å². The van der Waals surface area contributed by atoms with Crippen molar-refractivity contribution in [3.63, 3.8) is 0 Å². The van der Waals surface area contributed by atoms with Crippen LogP contribution < -0.4 is 5.32 Å². The number of anilines is 1. The molecule has 0 heterocycles. The summed E-state index contributed by atoms with van der Waals surface area (Å²) in [7, 11) is -0.623. The molecule has 0 aliphatic heterocycles. The Hall–Kier alpha value is -2.18. The topological polar surface area (TPSA) is 66.5 Å². The number of nitrogens with one attached hydrogen (secondary N) is 1. The fraction of sp³-hybridized carbons (Fsp3) is 0.278. The van der Waals surface area contributed by atoms with Gasteiger partial charge in [-0.2, -0.15) is 0 Å². The zero-order valence-electron chi connectivity index (χ0n) is 14.3. The first-order valence-electron chi connectivity index (χ1n) is 7.59. The molecule has 24 heavy (non-hydrogen) atoms. The quantitative estimate of drug-likeness (QED) is 0.817. The van der Waals surface area contributed by atoms with Crippen molar-refractivity contribution in [2.45, 2.75) is 18.7 Å². The SMILES string of the molecule is Cc1ccc(NCC(=O)c2cccc(S(=O)(=O)N(C)C)c2)c(C)c1. The third-order valence-corrected chi connectivity index (χ3v) is 5.57. The van der Waals surface area contributed by atoms with E-state index in [-0.39, 0.29) is 17.2 Å². The molecule has 2 aromatic carbocycles. The second-order valence-electron chi connectivity index (χ2n) is 5.91. The molecule has 2 rings (SSSR count). The van der Waals surface area contributed by atoms with Crippen molar-refractivity contribution < 1.29 is 13.2 Å². The summed E-state index contributed by atoms with van der Waals surface area (Å²) in [5.74, 6) is -0.161. The molecule has 0 aliphatic carbocycles. The molecule has 0 amide bonds. The van der Waals surface area contributed by atoms with Crippen LogP contribution in [0, 0.1) is 13.8 Å². The molecule has 0 radical (unpaired) electrons. The fourth-order valence-corrected chi connectivity index (χ4v) is 3.28. The van der Waals surface area contributed by atoms with Crippen molar-refractivity contribution in [1.29, 1.82) is 0 Å². The van der Waals surface area contributed by atoms with Gasteiger partial charge < -0.3 is 5.32 Å². The Bertz CT molecular complexity index is 858. The minimum Gasteiger partial charge on any atom is -0.377 e. The highest BCUT2D eigenvalue weighted by molar-refractivity contribution is 7.89. The number of carbonyl (C=O) groups is 1. The summed E-state index contributed by atoms with van der Waals surface area (Å²) < 4.78 is 25.5. The van der Waals surface area contributed by atoms with E-state index in [0.717, 1.165) is 21.1 Å². The molecule has 5 nitrogen and oxygen atoms in total. The van der Waals surface area contributed by atoms with Gasteiger partial charge in [-0.05, 0) is 37.6 Å². The van der Waals surface area contributed by atoms with Gasteiger partial charge in [0.2, 0.25) is 10.0 Å². The second kappa shape index (κ2) is 7.15. The van der Waals surface area contributed by atoms with Crippen molar-refractivity contribution in [3.8, 4) is 0 Å². The zero-order valence-corrected chi connectivity index (χ0v) is 15.1. The van der Waals surface area contributed by atoms with Gasteiger partial charge in [-0.25, -0.2) is 12.7 Å². The third kappa shape index (κ3) is 4.01. The van der Waals surface area contributed by atoms with E-state index < -0.39 is 10.0 Å². The van der Waals surface area contributed by atoms with E-state index >= 15 is 0 Å². The lowest BCUT2D eigenvalue weighted by atomic mass is 10.1. The average molecular weight is 346 g/mol. The third-order valence-electron chi connectivity index (χ3n) is 3.76. The highest BCUT2D eigenvalue weighted by Gasteiger charge is 2.18. The van der Waals surface area contributed by atoms with Gasteiger partial charge in [-0.1, -0.05) is 29.8 Å². The highest BCUT2D eigenvalue weighted by atomic mass is 32.2. The number of benzene rings is 2. The van der Waals surface area contributed by atoms with Crippen LogP contribution in [0.2, 0.25) is 0 Å². The van der Waals surface area contributed by atoms with Gasteiger partial charge in [-0.15, -0.1) is 0 Å². The Kier molecular flexibility index (Phi) is 5.41. The van der Waals surface area contributed by atoms with E-state index in [4.69, 9.17) is 0 Å². The molecule has 0 saturated carbocycles. The van der Waals surface area contributed by atoms with Crippen molar-refractivity contribution >= 4 is 21.5 Å². The first-order chi connectivity index (χ1) is 11.2. The van der Waals surface area contributed by atoms with Crippen LogP contribution in [-0.2, 0) is 10.0 Å². The van der Waals surface area contributed by atoms with Crippen molar-refractivity contribution in [3.05, 3.63) is 59.2 Å². The molecule has 0 atom stereocenters. The van der Waals surface area contributed by atoms with Crippen molar-refractivity contribution in [1.82, 2.24) is 4.31 Å². The average Bonchev–Trinajstić information content (AvgIpc) is 2.53. The molecule has 1 N–H and O–H groups in total. The first-order valence-corrected chi connectivity index (χ1v) is 9.03. The smallest absolute Gasteiger partial charge is 0.242 e. The standard InChI is InChI=1S/C18H22N2O3S/c1-13-8-9-17(14(2)10-13)19-12-18(21)15-6-5-7-16(11-15)24(22,23)20(3)4/h5-11,19H,12H2,1-4H3. The van der Waals surface area contributed by atoms with Gasteiger partial charge in [0.25, 0.3) is 0 Å². The Labute approximate surface area is 143 Å². The molecule has 0 aliphatic rings. The normalized spacial score (nSPS) is 11.5. The summed E-state index contributed by atoms with van der Waals surface area (Å²) in [6, 6.07) is 12.1. The number of rotatable bonds is 6. The van der Waals surface area contributed by atoms with Crippen LogP contribution in [0.3, 0.4) is 0 Å². The lowest BCUT2D eigenvalue weighted by Gasteiger charge is -2.13. The number of sulfonamides is 1. The van der Waals surface area contributed by atoms with E-state index in [1.165, 1.54) is 26.2 Å². The summed E-state index contributed by atoms with van der Waals surface area (Å²) in [6.45, 7) is 4.10. The molecule has 0 aromatic heterocycles. The molecule has 6 heteroatoms. The minimum absolute atomic E-state index is 0.107. The Balaban J connectivity index is 2.16. The predicted molar refractivity (Wildman–Crippen MR) is 96.1 cm³/mol. The van der Waals surface area contributed by atoms with E-state index in [0.29, 0.717) is 5.56 Å². The molecular formula is C18H22N2O3S. The lowest BCUT2D eigenvalue weighted by molar-refractivity contribution is 0.101. The van der Waals surface area contributed by atoms with Crippen molar-refractivity contribution in [2.24, 2.45) is 0 Å². The van der Waals surface area contributed by atoms with Crippen LogP contribution in [0.4, 0.5) is 5.69 Å². The maximum absolute atomic E-state index is 12.4. The van der Waals surface area contributed by atoms with E-state index in [1.54, 1.807) is 12.1 Å².